The average Bonchev–Trinajstić information content (AvgIpc) is 2.93. The Morgan fingerprint density at radius 2 is 1.78 bits per heavy atom. The van der Waals surface area contributed by atoms with Crippen LogP contribution in [0.15, 0.2) is 42.7 Å². The number of benzene rings is 1. The predicted octanol–water partition coefficient (Wildman–Crippen LogP) is 5.09. The molecule has 0 aliphatic heterocycles. The van der Waals surface area contributed by atoms with Crippen LogP contribution in [0, 0.1) is 6.92 Å². The molecule has 3 aromatic rings. The number of halogens is 6. The molecule has 27 heavy (non-hydrogen) atoms. The summed E-state index contributed by atoms with van der Waals surface area (Å²) >= 11 is 0. The van der Waals surface area contributed by atoms with Crippen LogP contribution in [0.3, 0.4) is 0 Å². The van der Waals surface area contributed by atoms with Crippen LogP contribution in [-0.2, 0) is 12.5 Å². The number of hydrogen-bond donors (Lipinski definition) is 1. The van der Waals surface area contributed by atoms with Crippen molar-refractivity contribution in [2.75, 3.05) is 5.32 Å². The van der Waals surface area contributed by atoms with Crippen molar-refractivity contribution in [3.8, 4) is 0 Å². The summed E-state index contributed by atoms with van der Waals surface area (Å²) in [6.45, 7) is 1.64. The Hall–Kier alpha value is -3.04. The first-order valence-electron chi connectivity index (χ1n) is 7.50. The van der Waals surface area contributed by atoms with Gasteiger partial charge in [0.1, 0.15) is 5.69 Å². The first kappa shape index (κ1) is 18.7. The highest BCUT2D eigenvalue weighted by molar-refractivity contribution is 6.13. The maximum Gasteiger partial charge on any atom is 0.488 e. The van der Waals surface area contributed by atoms with Crippen LogP contribution in [0.1, 0.15) is 21.6 Å². The zero-order valence-electron chi connectivity index (χ0n) is 13.6. The molecule has 1 N–H and O–H groups in total. The Labute approximate surface area is 148 Å². The lowest BCUT2D eigenvalue weighted by molar-refractivity contribution is -0.200. The quantitative estimate of drug-likeness (QED) is 0.623. The van der Waals surface area contributed by atoms with Gasteiger partial charge in [0, 0.05) is 23.5 Å². The van der Waals surface area contributed by atoms with Crippen LogP contribution < -0.4 is 5.32 Å². The van der Waals surface area contributed by atoms with E-state index in [2.05, 4.69) is 10.3 Å². The van der Waals surface area contributed by atoms with E-state index in [1.165, 1.54) is 18.2 Å². The van der Waals surface area contributed by atoms with Crippen molar-refractivity contribution in [2.24, 2.45) is 0 Å². The Balaban J connectivity index is 2.03. The molecule has 0 spiro atoms. The first-order valence-corrected chi connectivity index (χ1v) is 7.50. The lowest BCUT2D eigenvalue weighted by atomic mass is 10.1. The van der Waals surface area contributed by atoms with Crippen molar-refractivity contribution < 1.29 is 31.1 Å². The third-order valence-corrected chi connectivity index (χ3v) is 3.79. The molecule has 1 aromatic carbocycles. The molecule has 142 valence electrons. The van der Waals surface area contributed by atoms with E-state index in [-0.39, 0.29) is 26.7 Å². The van der Waals surface area contributed by atoms with E-state index in [0.29, 0.717) is 17.8 Å². The van der Waals surface area contributed by atoms with Gasteiger partial charge in [-0.2, -0.15) is 13.2 Å². The fourth-order valence-electron chi connectivity index (χ4n) is 2.60. The van der Waals surface area contributed by atoms with Gasteiger partial charge in [0.2, 0.25) is 0 Å². The first-order chi connectivity index (χ1) is 12.5. The van der Waals surface area contributed by atoms with Gasteiger partial charge in [-0.3, -0.25) is 14.3 Å². The molecule has 4 nitrogen and oxygen atoms in total. The second-order valence-corrected chi connectivity index (χ2v) is 5.78. The van der Waals surface area contributed by atoms with Crippen LogP contribution >= 0.6 is 0 Å². The van der Waals surface area contributed by atoms with Gasteiger partial charge >= 0.3 is 12.5 Å². The summed E-state index contributed by atoms with van der Waals surface area (Å²) in [6, 6.07) is 5.81. The van der Waals surface area contributed by atoms with E-state index in [0.717, 1.165) is 12.3 Å². The summed E-state index contributed by atoms with van der Waals surface area (Å²) in [6.07, 6.45) is -8.01. The van der Waals surface area contributed by atoms with Gasteiger partial charge in [0.25, 0.3) is 5.91 Å². The van der Waals surface area contributed by atoms with Crippen LogP contribution in [0.5, 0.6) is 0 Å². The van der Waals surface area contributed by atoms with Crippen LogP contribution in [-0.4, -0.2) is 15.5 Å². The summed E-state index contributed by atoms with van der Waals surface area (Å²) in [5.41, 5.74) is -1.38. The lowest BCUT2D eigenvalue weighted by Gasteiger charge is -2.09. The fraction of sp³-hybridized carbons (Fsp3) is 0.176. The highest BCUT2D eigenvalue weighted by Gasteiger charge is 2.34. The number of nitrogens with one attached hydrogen (secondary N) is 1. The number of carbonyl (C=O) groups is 1. The number of rotatable bonds is 2. The minimum atomic E-state index is -4.76. The van der Waals surface area contributed by atoms with E-state index in [4.69, 9.17) is 0 Å². The molecule has 2 heterocycles. The van der Waals surface area contributed by atoms with Crippen molar-refractivity contribution in [1.29, 1.82) is 0 Å². The zero-order valence-corrected chi connectivity index (χ0v) is 13.6. The summed E-state index contributed by atoms with van der Waals surface area (Å²) in [4.78, 5) is 15.6. The number of alkyl halides is 6. The molecular weight excluding hydrogens is 376 g/mol. The third kappa shape index (κ3) is 3.74. The highest BCUT2D eigenvalue weighted by atomic mass is 19.4. The summed E-state index contributed by atoms with van der Waals surface area (Å²) in [5, 5.41) is 2.22. The van der Waals surface area contributed by atoms with E-state index in [9.17, 15) is 31.1 Å². The summed E-state index contributed by atoms with van der Waals surface area (Å²) in [5.74, 6) is -0.965. The normalized spacial score (nSPS) is 12.4. The fourth-order valence-corrected chi connectivity index (χ4v) is 2.60. The second kappa shape index (κ2) is 6.29. The van der Waals surface area contributed by atoms with Crippen LogP contribution in [0.4, 0.5) is 32.0 Å². The number of hydrogen-bond acceptors (Lipinski definition) is 2. The third-order valence-electron chi connectivity index (χ3n) is 3.79. The molecule has 0 unspecified atom stereocenters. The largest absolute Gasteiger partial charge is 0.488 e. The monoisotopic (exact) mass is 387 g/mol. The molecule has 1 amide bonds. The molecule has 2 aromatic heterocycles. The van der Waals surface area contributed by atoms with Gasteiger partial charge < -0.3 is 5.32 Å². The predicted molar refractivity (Wildman–Crippen MR) is 85.2 cm³/mol. The SMILES string of the molecule is Cc1ccc2c(c1)c(C(=O)Nc1ccnc(C(F)(F)F)c1)cn2C(F)(F)F. The Morgan fingerprint density at radius 3 is 2.41 bits per heavy atom. The molecular formula is C17H11F6N3O. The number of aromatic nitrogens is 2. The van der Waals surface area contributed by atoms with Crippen molar-refractivity contribution in [1.82, 2.24) is 9.55 Å². The number of anilines is 1. The Morgan fingerprint density at radius 1 is 1.07 bits per heavy atom. The lowest BCUT2D eigenvalue weighted by Crippen LogP contribution is -2.16. The molecule has 0 atom stereocenters. The number of fused-ring (bicyclic) bond motifs is 1. The summed E-state index contributed by atoms with van der Waals surface area (Å²) in [7, 11) is 0. The Kier molecular flexibility index (Phi) is 4.37. The molecule has 0 aliphatic rings. The molecule has 10 heteroatoms. The molecule has 0 aliphatic carbocycles. The standard InChI is InChI=1S/C17H11F6N3O/c1-9-2-3-13-11(6-9)12(8-26(13)17(21,22)23)15(27)25-10-4-5-24-14(7-10)16(18,19)20/h2-8H,1H3,(H,24,25,27). The van der Waals surface area contributed by atoms with Crippen molar-refractivity contribution in [3.05, 3.63) is 59.5 Å². The second-order valence-electron chi connectivity index (χ2n) is 5.78. The number of carbonyl (C=O) groups excluding carboxylic acids is 1. The zero-order chi connectivity index (χ0) is 20.0. The average molecular weight is 387 g/mol. The number of pyridine rings is 1. The van der Waals surface area contributed by atoms with Gasteiger partial charge in [-0.1, -0.05) is 11.6 Å². The number of aryl methyl sites for hydroxylation is 1. The van der Waals surface area contributed by atoms with Crippen LogP contribution in [0.25, 0.3) is 10.9 Å². The van der Waals surface area contributed by atoms with Gasteiger partial charge in [0.05, 0.1) is 11.1 Å². The molecule has 3 rings (SSSR count). The van der Waals surface area contributed by atoms with E-state index < -0.39 is 24.1 Å². The molecule has 0 saturated heterocycles. The Bertz CT molecular complexity index is 1020. The maximum atomic E-state index is 13.2. The highest BCUT2D eigenvalue weighted by Crippen LogP contribution is 2.33. The summed E-state index contributed by atoms with van der Waals surface area (Å²) < 4.78 is 77.7. The van der Waals surface area contributed by atoms with Gasteiger partial charge in [-0.25, -0.2) is 0 Å². The van der Waals surface area contributed by atoms with Crippen molar-refractivity contribution >= 4 is 22.5 Å². The van der Waals surface area contributed by atoms with E-state index in [1.54, 1.807) is 6.92 Å². The molecule has 0 radical (unpaired) electrons. The molecule has 0 bridgehead atoms. The molecule has 0 fully saturated rings. The molecule has 0 saturated carbocycles. The minimum Gasteiger partial charge on any atom is -0.322 e. The van der Waals surface area contributed by atoms with E-state index in [1.807, 2.05) is 0 Å². The van der Waals surface area contributed by atoms with Gasteiger partial charge in [-0.15, -0.1) is 13.2 Å². The van der Waals surface area contributed by atoms with Crippen molar-refractivity contribution in [3.63, 3.8) is 0 Å². The smallest absolute Gasteiger partial charge is 0.322 e. The van der Waals surface area contributed by atoms with Crippen LogP contribution in [0.2, 0.25) is 0 Å². The van der Waals surface area contributed by atoms with Gasteiger partial charge in [-0.05, 0) is 31.2 Å². The van der Waals surface area contributed by atoms with E-state index >= 15 is 0 Å². The van der Waals surface area contributed by atoms with Gasteiger partial charge in [0.15, 0.2) is 0 Å². The number of nitrogens with zero attached hydrogens (tertiary/aromatic N) is 2. The topological polar surface area (TPSA) is 46.9 Å². The maximum absolute atomic E-state index is 13.2. The minimum absolute atomic E-state index is 0.00954. The van der Waals surface area contributed by atoms with Crippen molar-refractivity contribution in [2.45, 2.75) is 19.4 Å². The number of amides is 1.